The van der Waals surface area contributed by atoms with Gasteiger partial charge in [0.2, 0.25) is 0 Å². The zero-order valence-electron chi connectivity index (χ0n) is 9.53. The third kappa shape index (κ3) is 5.68. The molecule has 0 heteroatoms. The van der Waals surface area contributed by atoms with Crippen molar-refractivity contribution in [3.8, 4) is 0 Å². The Hall–Kier alpha value is -0.520. The molecule has 0 aliphatic heterocycles. The number of unbranched alkanes of at least 4 members (excludes halogenated alkanes) is 2. The first-order valence-electron chi connectivity index (χ1n) is 5.59. The molecule has 0 rings (SSSR count). The van der Waals surface area contributed by atoms with Gasteiger partial charge in [0.1, 0.15) is 0 Å². The molecule has 0 aliphatic carbocycles. The second-order valence-electron chi connectivity index (χ2n) is 3.62. The van der Waals surface area contributed by atoms with E-state index in [1.165, 1.54) is 49.7 Å². The Morgan fingerprint density at radius 2 is 1.62 bits per heavy atom. The molecule has 0 N–H and O–H groups in total. The maximum Gasteiger partial charge on any atom is -0.0280 e. The molecule has 0 heterocycles. The van der Waals surface area contributed by atoms with Gasteiger partial charge in [-0.2, -0.15) is 0 Å². The molecule has 0 aromatic carbocycles. The average molecular weight is 180 g/mol. The predicted octanol–water partition coefficient (Wildman–Crippen LogP) is 4.87. The summed E-state index contributed by atoms with van der Waals surface area (Å²) in [5, 5.41) is 0. The zero-order chi connectivity index (χ0) is 10.1. The quantitative estimate of drug-likeness (QED) is 0.490. The summed E-state index contributed by atoms with van der Waals surface area (Å²) in [6.45, 7) is 10.7. The first-order chi connectivity index (χ1) is 6.26. The molecule has 0 bridgehead atoms. The van der Waals surface area contributed by atoms with E-state index in [1.807, 2.05) is 0 Å². The van der Waals surface area contributed by atoms with Crippen molar-refractivity contribution >= 4 is 0 Å². The van der Waals surface area contributed by atoms with Crippen molar-refractivity contribution in [1.29, 1.82) is 0 Å². The van der Waals surface area contributed by atoms with Crippen molar-refractivity contribution in [2.24, 2.45) is 0 Å². The molecule has 0 saturated heterocycles. The van der Waals surface area contributed by atoms with Crippen LogP contribution in [0.25, 0.3) is 0 Å². The SMILES string of the molecule is C=C(CCCC)/C(=C/C)CCCC. The smallest absolute Gasteiger partial charge is 0.0280 e. The summed E-state index contributed by atoms with van der Waals surface area (Å²) in [5.74, 6) is 0. The molecular weight excluding hydrogens is 156 g/mol. The second kappa shape index (κ2) is 8.10. The van der Waals surface area contributed by atoms with Crippen LogP contribution >= 0.6 is 0 Å². The van der Waals surface area contributed by atoms with Crippen LogP contribution in [0, 0.1) is 0 Å². The highest BCUT2D eigenvalue weighted by Gasteiger charge is 2.00. The highest BCUT2D eigenvalue weighted by Crippen LogP contribution is 2.20. The van der Waals surface area contributed by atoms with Gasteiger partial charge in [-0.25, -0.2) is 0 Å². The molecule has 0 unspecified atom stereocenters. The van der Waals surface area contributed by atoms with E-state index < -0.39 is 0 Å². The van der Waals surface area contributed by atoms with E-state index in [2.05, 4.69) is 33.4 Å². The summed E-state index contributed by atoms with van der Waals surface area (Å²) in [6.07, 6.45) is 9.75. The topological polar surface area (TPSA) is 0 Å². The molecule has 0 amide bonds. The minimum Gasteiger partial charge on any atom is -0.0956 e. The maximum absolute atomic E-state index is 4.15. The lowest BCUT2D eigenvalue weighted by Gasteiger charge is -2.09. The Bertz CT molecular complexity index is 163. The van der Waals surface area contributed by atoms with E-state index >= 15 is 0 Å². The molecule has 0 nitrogen and oxygen atoms in total. The van der Waals surface area contributed by atoms with Crippen molar-refractivity contribution in [2.75, 3.05) is 0 Å². The second-order valence-corrected chi connectivity index (χ2v) is 3.62. The lowest BCUT2D eigenvalue weighted by molar-refractivity contribution is 0.753. The zero-order valence-corrected chi connectivity index (χ0v) is 9.53. The Morgan fingerprint density at radius 1 is 1.08 bits per heavy atom. The van der Waals surface area contributed by atoms with Crippen molar-refractivity contribution < 1.29 is 0 Å². The largest absolute Gasteiger partial charge is 0.0956 e. The lowest BCUT2D eigenvalue weighted by Crippen LogP contribution is -1.89. The van der Waals surface area contributed by atoms with Gasteiger partial charge in [0.15, 0.2) is 0 Å². The molecular formula is C13H24. The van der Waals surface area contributed by atoms with Crippen LogP contribution in [0.15, 0.2) is 23.8 Å². The first kappa shape index (κ1) is 12.5. The van der Waals surface area contributed by atoms with Gasteiger partial charge in [0.25, 0.3) is 0 Å². The summed E-state index contributed by atoms with van der Waals surface area (Å²) >= 11 is 0. The van der Waals surface area contributed by atoms with Crippen LogP contribution in [0.3, 0.4) is 0 Å². The van der Waals surface area contributed by atoms with Gasteiger partial charge in [-0.1, -0.05) is 44.9 Å². The maximum atomic E-state index is 4.15. The summed E-state index contributed by atoms with van der Waals surface area (Å²) < 4.78 is 0. The summed E-state index contributed by atoms with van der Waals surface area (Å²) in [5.41, 5.74) is 2.84. The van der Waals surface area contributed by atoms with E-state index in [9.17, 15) is 0 Å². The van der Waals surface area contributed by atoms with E-state index in [4.69, 9.17) is 0 Å². The Labute approximate surface area is 83.7 Å². The number of rotatable bonds is 7. The molecule has 0 saturated carbocycles. The highest BCUT2D eigenvalue weighted by atomic mass is 14.1. The number of hydrogen-bond acceptors (Lipinski definition) is 0. The standard InChI is InChI=1S/C13H24/c1-5-8-10-12(4)13(7-3)11-9-6-2/h7H,4-6,8-11H2,1-3H3/b13-7+. The number of hydrogen-bond donors (Lipinski definition) is 0. The van der Waals surface area contributed by atoms with Gasteiger partial charge in [-0.15, -0.1) is 0 Å². The molecule has 0 fully saturated rings. The van der Waals surface area contributed by atoms with Crippen molar-refractivity contribution in [3.05, 3.63) is 23.8 Å². The van der Waals surface area contributed by atoms with Crippen molar-refractivity contribution in [1.82, 2.24) is 0 Å². The predicted molar refractivity (Wildman–Crippen MR) is 61.9 cm³/mol. The van der Waals surface area contributed by atoms with E-state index in [-0.39, 0.29) is 0 Å². The van der Waals surface area contributed by atoms with Crippen molar-refractivity contribution in [2.45, 2.75) is 59.3 Å². The van der Waals surface area contributed by atoms with Gasteiger partial charge < -0.3 is 0 Å². The van der Waals surface area contributed by atoms with Crippen LogP contribution in [-0.4, -0.2) is 0 Å². The van der Waals surface area contributed by atoms with Crippen LogP contribution in [-0.2, 0) is 0 Å². The van der Waals surface area contributed by atoms with E-state index in [0.29, 0.717) is 0 Å². The van der Waals surface area contributed by atoms with Crippen LogP contribution in [0.4, 0.5) is 0 Å². The molecule has 0 aromatic rings. The molecule has 13 heavy (non-hydrogen) atoms. The summed E-state index contributed by atoms with van der Waals surface area (Å²) in [7, 11) is 0. The van der Waals surface area contributed by atoms with Crippen molar-refractivity contribution in [3.63, 3.8) is 0 Å². The monoisotopic (exact) mass is 180 g/mol. The van der Waals surface area contributed by atoms with Crippen LogP contribution < -0.4 is 0 Å². The van der Waals surface area contributed by atoms with Gasteiger partial charge >= 0.3 is 0 Å². The Morgan fingerprint density at radius 3 is 2.08 bits per heavy atom. The summed E-state index contributed by atoms with van der Waals surface area (Å²) in [6, 6.07) is 0. The third-order valence-electron chi connectivity index (χ3n) is 2.43. The van der Waals surface area contributed by atoms with Gasteiger partial charge in [-0.05, 0) is 38.2 Å². The fourth-order valence-corrected chi connectivity index (χ4v) is 1.44. The average Bonchev–Trinajstić information content (AvgIpc) is 2.16. The molecule has 0 radical (unpaired) electrons. The van der Waals surface area contributed by atoms with Gasteiger partial charge in [-0.3, -0.25) is 0 Å². The Kier molecular flexibility index (Phi) is 7.77. The first-order valence-corrected chi connectivity index (χ1v) is 5.59. The van der Waals surface area contributed by atoms with Gasteiger partial charge in [0.05, 0.1) is 0 Å². The number of allylic oxidation sites excluding steroid dienone is 3. The molecule has 0 spiro atoms. The highest BCUT2D eigenvalue weighted by molar-refractivity contribution is 5.27. The third-order valence-corrected chi connectivity index (χ3v) is 2.43. The van der Waals surface area contributed by atoms with E-state index in [1.54, 1.807) is 0 Å². The molecule has 0 aliphatic rings. The lowest BCUT2D eigenvalue weighted by atomic mass is 9.97. The molecule has 76 valence electrons. The minimum atomic E-state index is 1.18. The minimum absolute atomic E-state index is 1.18. The van der Waals surface area contributed by atoms with E-state index in [0.717, 1.165) is 0 Å². The fourth-order valence-electron chi connectivity index (χ4n) is 1.44. The normalized spacial score (nSPS) is 11.8. The molecule has 0 aromatic heterocycles. The molecule has 0 atom stereocenters. The van der Waals surface area contributed by atoms with Crippen LogP contribution in [0.1, 0.15) is 59.3 Å². The van der Waals surface area contributed by atoms with Gasteiger partial charge in [0, 0.05) is 0 Å². The fraction of sp³-hybridized carbons (Fsp3) is 0.692. The Balaban J connectivity index is 3.87. The van der Waals surface area contributed by atoms with Crippen LogP contribution in [0.5, 0.6) is 0 Å². The van der Waals surface area contributed by atoms with Crippen LogP contribution in [0.2, 0.25) is 0 Å². The summed E-state index contributed by atoms with van der Waals surface area (Å²) in [4.78, 5) is 0.